The van der Waals surface area contributed by atoms with Crippen molar-refractivity contribution in [2.24, 2.45) is 0 Å². The number of hydrogen-bond donors (Lipinski definition) is 1. The highest BCUT2D eigenvalue weighted by atomic mass is 32.1. The number of rotatable bonds is 3. The molecule has 1 saturated carbocycles. The van der Waals surface area contributed by atoms with Crippen molar-refractivity contribution in [3.05, 3.63) is 28.7 Å². The van der Waals surface area contributed by atoms with Crippen LogP contribution in [-0.4, -0.2) is 26.0 Å². The molecule has 1 N–H and O–H groups in total. The maximum atomic E-state index is 11.2. The first-order valence-electron chi connectivity index (χ1n) is 5.69. The molecule has 0 atom stereocenters. The van der Waals surface area contributed by atoms with E-state index in [1.165, 1.54) is 11.3 Å². The fourth-order valence-electron chi connectivity index (χ4n) is 1.80. The molecule has 6 heteroatoms. The smallest absolute Gasteiger partial charge is 0.347 e. The fraction of sp³-hybridized carbons (Fsp3) is 0.333. The van der Waals surface area contributed by atoms with E-state index in [0.717, 1.165) is 18.5 Å². The van der Waals surface area contributed by atoms with E-state index in [4.69, 9.17) is 0 Å². The number of hydrogen-bond acceptors (Lipinski definition) is 5. The lowest BCUT2D eigenvalue weighted by Crippen LogP contribution is -1.97. The predicted octanol–water partition coefficient (Wildman–Crippen LogP) is 2.48. The summed E-state index contributed by atoms with van der Waals surface area (Å²) >= 11 is 1.20. The van der Waals surface area contributed by atoms with Crippen molar-refractivity contribution in [3.63, 3.8) is 0 Å². The summed E-state index contributed by atoms with van der Waals surface area (Å²) in [6.07, 6.45) is 3.73. The topological polar surface area (TPSA) is 76.0 Å². The van der Waals surface area contributed by atoms with Crippen LogP contribution in [-0.2, 0) is 0 Å². The number of carboxylic acids is 1. The molecule has 1 aliphatic carbocycles. The Labute approximate surface area is 108 Å². The molecular weight excluding hydrogens is 250 g/mol. The molecule has 2 heterocycles. The third-order valence-electron chi connectivity index (χ3n) is 2.81. The van der Waals surface area contributed by atoms with Gasteiger partial charge in [-0.05, 0) is 25.8 Å². The largest absolute Gasteiger partial charge is 0.477 e. The molecule has 0 spiro atoms. The van der Waals surface area contributed by atoms with Crippen molar-refractivity contribution in [2.75, 3.05) is 0 Å². The zero-order valence-corrected chi connectivity index (χ0v) is 10.6. The van der Waals surface area contributed by atoms with Crippen LogP contribution in [0.2, 0.25) is 0 Å². The number of thiazole rings is 1. The molecule has 0 radical (unpaired) electrons. The van der Waals surface area contributed by atoms with Crippen LogP contribution >= 0.6 is 11.3 Å². The molecule has 0 saturated heterocycles. The molecule has 18 heavy (non-hydrogen) atoms. The zero-order chi connectivity index (χ0) is 12.7. The van der Waals surface area contributed by atoms with Crippen molar-refractivity contribution in [2.45, 2.75) is 25.7 Å². The van der Waals surface area contributed by atoms with Crippen molar-refractivity contribution in [1.82, 2.24) is 15.0 Å². The lowest BCUT2D eigenvalue weighted by atomic mass is 10.2. The van der Waals surface area contributed by atoms with Crippen LogP contribution in [0.15, 0.2) is 12.3 Å². The van der Waals surface area contributed by atoms with Gasteiger partial charge in [0.25, 0.3) is 0 Å². The Balaban J connectivity index is 2.07. The Hall–Kier alpha value is -1.82. The summed E-state index contributed by atoms with van der Waals surface area (Å²) in [6.45, 7) is 1.80. The van der Waals surface area contributed by atoms with Gasteiger partial charge in [-0.3, -0.25) is 0 Å². The fourth-order valence-corrected chi connectivity index (χ4v) is 2.76. The van der Waals surface area contributed by atoms with Gasteiger partial charge < -0.3 is 5.11 Å². The molecule has 3 rings (SSSR count). The van der Waals surface area contributed by atoms with Gasteiger partial charge in [-0.1, -0.05) is 0 Å². The van der Waals surface area contributed by atoms with Gasteiger partial charge in [0.15, 0.2) is 0 Å². The Bertz CT molecular complexity index is 620. The second-order valence-corrected chi connectivity index (χ2v) is 5.30. The number of carboxylic acid groups (broad SMARTS) is 1. The van der Waals surface area contributed by atoms with Gasteiger partial charge in [-0.25, -0.2) is 19.7 Å². The van der Waals surface area contributed by atoms with Gasteiger partial charge >= 0.3 is 5.97 Å². The highest BCUT2D eigenvalue weighted by Crippen LogP contribution is 2.43. The van der Waals surface area contributed by atoms with E-state index in [1.807, 2.05) is 0 Å². The summed E-state index contributed by atoms with van der Waals surface area (Å²) in [7, 11) is 0. The minimum absolute atomic E-state index is 0.323. The lowest BCUT2D eigenvalue weighted by Gasteiger charge is -1.95. The van der Waals surface area contributed by atoms with E-state index in [-0.39, 0.29) is 0 Å². The van der Waals surface area contributed by atoms with E-state index >= 15 is 0 Å². The monoisotopic (exact) mass is 261 g/mol. The quantitative estimate of drug-likeness (QED) is 0.918. The van der Waals surface area contributed by atoms with Crippen LogP contribution in [0, 0.1) is 6.92 Å². The minimum Gasteiger partial charge on any atom is -0.477 e. The second-order valence-electron chi connectivity index (χ2n) is 4.30. The van der Waals surface area contributed by atoms with Gasteiger partial charge in [0.2, 0.25) is 0 Å². The van der Waals surface area contributed by atoms with Gasteiger partial charge in [0, 0.05) is 12.1 Å². The van der Waals surface area contributed by atoms with Crippen LogP contribution in [0.5, 0.6) is 0 Å². The Morgan fingerprint density at radius 2 is 2.22 bits per heavy atom. The molecule has 5 nitrogen and oxygen atoms in total. The molecule has 2 aromatic heterocycles. The number of nitrogens with zero attached hydrogens (tertiary/aromatic N) is 3. The normalized spacial score (nSPS) is 14.7. The number of aromatic carboxylic acids is 1. The van der Waals surface area contributed by atoms with Crippen LogP contribution < -0.4 is 0 Å². The SMILES string of the molecule is Cc1nccc(-c2nc(C3CC3)c(C(=O)O)s2)n1. The summed E-state index contributed by atoms with van der Waals surface area (Å²) in [5.74, 6) is 0.0861. The van der Waals surface area contributed by atoms with E-state index in [0.29, 0.717) is 27.3 Å². The third kappa shape index (κ3) is 1.99. The summed E-state index contributed by atoms with van der Waals surface area (Å²) < 4.78 is 0. The third-order valence-corrected chi connectivity index (χ3v) is 3.89. The molecule has 1 fully saturated rings. The molecule has 0 aliphatic heterocycles. The molecule has 92 valence electrons. The van der Waals surface area contributed by atoms with Gasteiger partial charge in [0.1, 0.15) is 21.4 Å². The number of aryl methyl sites for hydroxylation is 1. The van der Waals surface area contributed by atoms with E-state index in [2.05, 4.69) is 15.0 Å². The molecule has 0 bridgehead atoms. The van der Waals surface area contributed by atoms with Crippen LogP contribution in [0.25, 0.3) is 10.7 Å². The van der Waals surface area contributed by atoms with Crippen molar-refractivity contribution in [1.29, 1.82) is 0 Å². The van der Waals surface area contributed by atoms with Crippen LogP contribution in [0.4, 0.5) is 0 Å². The van der Waals surface area contributed by atoms with Gasteiger partial charge in [-0.15, -0.1) is 11.3 Å². The Morgan fingerprint density at radius 3 is 2.83 bits per heavy atom. The van der Waals surface area contributed by atoms with Crippen molar-refractivity contribution < 1.29 is 9.90 Å². The van der Waals surface area contributed by atoms with E-state index in [1.54, 1.807) is 19.2 Å². The van der Waals surface area contributed by atoms with Crippen molar-refractivity contribution >= 4 is 17.3 Å². The van der Waals surface area contributed by atoms with Gasteiger partial charge in [0.05, 0.1) is 5.69 Å². The van der Waals surface area contributed by atoms with Gasteiger partial charge in [-0.2, -0.15) is 0 Å². The number of aromatic nitrogens is 3. The molecule has 0 amide bonds. The first-order chi connectivity index (χ1) is 8.65. The lowest BCUT2D eigenvalue weighted by molar-refractivity contribution is 0.0700. The molecule has 0 aromatic carbocycles. The molecular formula is C12H11N3O2S. The summed E-state index contributed by atoms with van der Waals surface area (Å²) in [5, 5.41) is 9.86. The first kappa shape index (κ1) is 11.3. The maximum Gasteiger partial charge on any atom is 0.347 e. The number of carbonyl (C=O) groups is 1. The van der Waals surface area contributed by atoms with E-state index in [9.17, 15) is 9.90 Å². The first-order valence-corrected chi connectivity index (χ1v) is 6.51. The zero-order valence-electron chi connectivity index (χ0n) is 9.75. The summed E-state index contributed by atoms with van der Waals surface area (Å²) in [6, 6.07) is 1.76. The minimum atomic E-state index is -0.897. The summed E-state index contributed by atoms with van der Waals surface area (Å²) in [5.41, 5.74) is 1.42. The molecule has 2 aromatic rings. The van der Waals surface area contributed by atoms with Crippen LogP contribution in [0.3, 0.4) is 0 Å². The predicted molar refractivity (Wildman–Crippen MR) is 66.8 cm³/mol. The highest BCUT2D eigenvalue weighted by Gasteiger charge is 2.32. The average Bonchev–Trinajstić information content (AvgIpc) is 3.07. The highest BCUT2D eigenvalue weighted by molar-refractivity contribution is 7.17. The standard InChI is InChI=1S/C12H11N3O2S/c1-6-13-5-4-8(14-6)11-15-9(7-2-3-7)10(18-11)12(16)17/h4-5,7H,2-3H2,1H3,(H,16,17). The molecule has 1 aliphatic rings. The Kier molecular flexibility index (Phi) is 2.59. The van der Waals surface area contributed by atoms with Crippen LogP contribution in [0.1, 0.15) is 39.9 Å². The second kappa shape index (κ2) is 4.13. The summed E-state index contributed by atoms with van der Waals surface area (Å²) in [4.78, 5) is 24.3. The average molecular weight is 261 g/mol. The van der Waals surface area contributed by atoms with E-state index < -0.39 is 5.97 Å². The molecule has 0 unspecified atom stereocenters. The maximum absolute atomic E-state index is 11.2. The van der Waals surface area contributed by atoms with Crippen molar-refractivity contribution in [3.8, 4) is 10.7 Å². The Morgan fingerprint density at radius 1 is 1.44 bits per heavy atom.